The number of aliphatic hydroxyl groups is 2. The maximum absolute atomic E-state index is 12.8. The number of aromatic nitrogens is 2. The molecule has 1 aliphatic heterocycles. The van der Waals surface area contributed by atoms with Gasteiger partial charge in [0.25, 0.3) is 11.5 Å². The monoisotopic (exact) mass is 370 g/mol. The van der Waals surface area contributed by atoms with Gasteiger partial charge < -0.3 is 14.9 Å². The van der Waals surface area contributed by atoms with Gasteiger partial charge in [-0.15, -0.1) is 6.42 Å². The molecule has 2 heterocycles. The van der Waals surface area contributed by atoms with E-state index in [1.54, 1.807) is 12.1 Å². The molecule has 3 atom stereocenters. The van der Waals surface area contributed by atoms with E-state index < -0.39 is 42.2 Å². The highest BCUT2D eigenvalue weighted by atomic mass is 16.5. The fourth-order valence-electron chi connectivity index (χ4n) is 2.93. The number of hydrogen-bond donors (Lipinski definition) is 2. The summed E-state index contributed by atoms with van der Waals surface area (Å²) in [6, 6.07) is 6.39. The molecule has 8 nitrogen and oxygen atoms in total. The van der Waals surface area contributed by atoms with E-state index in [2.05, 4.69) is 5.92 Å². The number of carbonyl (C=O) groups excluding carboxylic acids is 1. The number of carbonyl (C=O) groups is 1. The van der Waals surface area contributed by atoms with E-state index >= 15 is 0 Å². The van der Waals surface area contributed by atoms with Crippen molar-refractivity contribution in [1.82, 2.24) is 9.13 Å². The van der Waals surface area contributed by atoms with Crippen molar-refractivity contribution in [1.29, 1.82) is 0 Å². The van der Waals surface area contributed by atoms with Crippen LogP contribution in [0.5, 0.6) is 0 Å². The summed E-state index contributed by atoms with van der Waals surface area (Å²) >= 11 is 0. The first-order valence-corrected chi connectivity index (χ1v) is 8.28. The molecule has 0 amide bonds. The largest absolute Gasteiger partial charge is 0.394 e. The van der Waals surface area contributed by atoms with E-state index in [1.165, 1.54) is 12.1 Å². The maximum atomic E-state index is 12.8. The van der Waals surface area contributed by atoms with Crippen LogP contribution in [0.15, 0.2) is 40.1 Å². The Hall–Kier alpha value is -2.99. The summed E-state index contributed by atoms with van der Waals surface area (Å²) in [4.78, 5) is 38.1. The second kappa shape index (κ2) is 7.32. The van der Waals surface area contributed by atoms with Crippen molar-refractivity contribution < 1.29 is 19.7 Å². The van der Waals surface area contributed by atoms with Crippen molar-refractivity contribution in [3.05, 3.63) is 68.0 Å². The molecule has 0 aliphatic carbocycles. The lowest BCUT2D eigenvalue weighted by atomic mass is 10.1. The molecule has 27 heavy (non-hydrogen) atoms. The zero-order valence-electron chi connectivity index (χ0n) is 14.5. The number of aryl methyl sites for hydroxylation is 1. The quantitative estimate of drug-likeness (QED) is 0.713. The average molecular weight is 370 g/mol. The van der Waals surface area contributed by atoms with Crippen LogP contribution in [0.2, 0.25) is 0 Å². The predicted octanol–water partition coefficient (Wildman–Crippen LogP) is -0.371. The average Bonchev–Trinajstić information content (AvgIpc) is 3.03. The van der Waals surface area contributed by atoms with Crippen LogP contribution in [0.1, 0.15) is 34.1 Å². The van der Waals surface area contributed by atoms with Gasteiger partial charge in [-0.2, -0.15) is 4.57 Å². The Morgan fingerprint density at radius 1 is 1.33 bits per heavy atom. The number of aliphatic hydroxyl groups excluding tert-OH is 2. The molecule has 0 unspecified atom stereocenters. The van der Waals surface area contributed by atoms with Gasteiger partial charge in [-0.05, 0) is 19.1 Å². The summed E-state index contributed by atoms with van der Waals surface area (Å²) in [5.74, 6) is 1.35. The molecular weight excluding hydrogens is 352 g/mol. The third-order valence-corrected chi connectivity index (χ3v) is 4.47. The van der Waals surface area contributed by atoms with Crippen LogP contribution >= 0.6 is 0 Å². The standard InChI is InChI=1S/C19H18N2O6/c1-3-12-9-20(16-8-14(23)15(10-22)27-16)19(26)21(17(12)24)18(25)13-6-4-11(2)5-7-13/h1,4-7,9,14-16,22-23H,8,10H2,2H3/t14-,15+,16+/m0/s1. The van der Waals surface area contributed by atoms with Crippen LogP contribution in [0.4, 0.5) is 0 Å². The predicted molar refractivity (Wildman–Crippen MR) is 95.4 cm³/mol. The Morgan fingerprint density at radius 3 is 2.56 bits per heavy atom. The summed E-state index contributed by atoms with van der Waals surface area (Å²) in [7, 11) is 0. The van der Waals surface area contributed by atoms with Crippen LogP contribution in [0.25, 0.3) is 0 Å². The van der Waals surface area contributed by atoms with E-state index in [9.17, 15) is 24.6 Å². The van der Waals surface area contributed by atoms with Crippen LogP contribution < -0.4 is 11.2 Å². The number of ether oxygens (including phenoxy) is 1. The normalized spacial score (nSPS) is 21.8. The number of rotatable bonds is 3. The van der Waals surface area contributed by atoms with E-state index in [-0.39, 0.29) is 17.5 Å². The molecule has 0 saturated carbocycles. The molecule has 1 aromatic carbocycles. The van der Waals surface area contributed by atoms with Crippen LogP contribution in [-0.2, 0) is 4.74 Å². The summed E-state index contributed by atoms with van der Waals surface area (Å²) in [6.07, 6.45) is 3.66. The molecule has 1 fully saturated rings. The zero-order valence-corrected chi connectivity index (χ0v) is 14.5. The fourth-order valence-corrected chi connectivity index (χ4v) is 2.93. The molecule has 1 aliphatic rings. The molecule has 2 aromatic rings. The molecule has 2 N–H and O–H groups in total. The Labute approximate surface area is 154 Å². The number of nitrogens with zero attached hydrogens (tertiary/aromatic N) is 2. The first-order valence-electron chi connectivity index (χ1n) is 8.28. The van der Waals surface area contributed by atoms with E-state index in [0.29, 0.717) is 4.57 Å². The molecule has 3 rings (SSSR count). The second-order valence-corrected chi connectivity index (χ2v) is 6.30. The highest BCUT2D eigenvalue weighted by Gasteiger charge is 2.36. The summed E-state index contributed by atoms with van der Waals surface area (Å²) in [6.45, 7) is 1.41. The highest BCUT2D eigenvalue weighted by molar-refractivity contribution is 5.95. The van der Waals surface area contributed by atoms with Gasteiger partial charge in [0.1, 0.15) is 17.9 Å². The minimum Gasteiger partial charge on any atom is -0.394 e. The maximum Gasteiger partial charge on any atom is 0.340 e. The lowest BCUT2D eigenvalue weighted by Gasteiger charge is -2.16. The smallest absolute Gasteiger partial charge is 0.340 e. The fraction of sp³-hybridized carbons (Fsp3) is 0.316. The molecule has 8 heteroatoms. The van der Waals surface area contributed by atoms with Gasteiger partial charge in [-0.3, -0.25) is 14.2 Å². The lowest BCUT2D eigenvalue weighted by Crippen LogP contribution is -2.45. The number of benzene rings is 1. The third kappa shape index (κ3) is 3.36. The van der Waals surface area contributed by atoms with Crippen molar-refractivity contribution in [2.45, 2.75) is 31.8 Å². The highest BCUT2D eigenvalue weighted by Crippen LogP contribution is 2.27. The Bertz CT molecular complexity index is 1030. The van der Waals surface area contributed by atoms with Crippen molar-refractivity contribution in [2.24, 2.45) is 0 Å². The Balaban J connectivity index is 2.13. The molecule has 140 valence electrons. The van der Waals surface area contributed by atoms with Gasteiger partial charge >= 0.3 is 5.69 Å². The van der Waals surface area contributed by atoms with E-state index in [0.717, 1.165) is 16.3 Å². The minimum atomic E-state index is -0.991. The lowest BCUT2D eigenvalue weighted by molar-refractivity contribution is -0.0462. The molecule has 0 bridgehead atoms. The van der Waals surface area contributed by atoms with Gasteiger partial charge in [0.05, 0.1) is 12.7 Å². The van der Waals surface area contributed by atoms with E-state index in [4.69, 9.17) is 11.2 Å². The summed E-state index contributed by atoms with van der Waals surface area (Å²) in [5.41, 5.74) is -0.958. The van der Waals surface area contributed by atoms with Crippen LogP contribution in [0.3, 0.4) is 0 Å². The van der Waals surface area contributed by atoms with Gasteiger partial charge in [0, 0.05) is 18.2 Å². The third-order valence-electron chi connectivity index (χ3n) is 4.47. The summed E-state index contributed by atoms with van der Waals surface area (Å²) in [5, 5.41) is 19.1. The molecule has 0 spiro atoms. The molecule has 0 radical (unpaired) electrons. The van der Waals surface area contributed by atoms with Crippen molar-refractivity contribution in [2.75, 3.05) is 6.61 Å². The summed E-state index contributed by atoms with van der Waals surface area (Å²) < 4.78 is 6.91. The zero-order chi connectivity index (χ0) is 19.7. The van der Waals surface area contributed by atoms with Crippen LogP contribution in [-0.4, -0.2) is 44.1 Å². The topological polar surface area (TPSA) is 111 Å². The molecular formula is C19H18N2O6. The Kier molecular flexibility index (Phi) is 5.10. The minimum absolute atomic E-state index is 0.00602. The van der Waals surface area contributed by atoms with Gasteiger partial charge in [-0.1, -0.05) is 23.6 Å². The van der Waals surface area contributed by atoms with Gasteiger partial charge in [0.15, 0.2) is 0 Å². The van der Waals surface area contributed by atoms with Crippen LogP contribution in [0, 0.1) is 19.3 Å². The van der Waals surface area contributed by atoms with Gasteiger partial charge in [0.2, 0.25) is 0 Å². The van der Waals surface area contributed by atoms with Crippen molar-refractivity contribution in [3.8, 4) is 12.3 Å². The van der Waals surface area contributed by atoms with E-state index in [1.807, 2.05) is 6.92 Å². The molecule has 1 saturated heterocycles. The van der Waals surface area contributed by atoms with Gasteiger partial charge in [-0.25, -0.2) is 4.79 Å². The first-order chi connectivity index (χ1) is 12.9. The molecule has 1 aromatic heterocycles. The Morgan fingerprint density at radius 2 is 2.00 bits per heavy atom. The second-order valence-electron chi connectivity index (χ2n) is 6.30. The SMILES string of the molecule is C#Cc1cn([C@H]2C[C@H](O)[C@@H](CO)O2)c(=O)n(C(=O)c2ccc(C)cc2)c1=O. The number of hydrogen-bond acceptors (Lipinski definition) is 6. The van der Waals surface area contributed by atoms with Crippen molar-refractivity contribution >= 4 is 5.91 Å². The number of terminal acetylenes is 1. The first kappa shape index (κ1) is 18.8. The van der Waals surface area contributed by atoms with Crippen molar-refractivity contribution in [3.63, 3.8) is 0 Å².